The predicted octanol–water partition coefficient (Wildman–Crippen LogP) is 1.18. The summed E-state index contributed by atoms with van der Waals surface area (Å²) in [6.45, 7) is -0.357. The van der Waals surface area contributed by atoms with Crippen molar-refractivity contribution in [3.05, 3.63) is 46.2 Å². The van der Waals surface area contributed by atoms with Gasteiger partial charge in [-0.25, -0.2) is 0 Å². The van der Waals surface area contributed by atoms with Crippen LogP contribution in [0.1, 0.15) is 10.4 Å². The fourth-order valence-corrected chi connectivity index (χ4v) is 3.90. The number of rotatable bonds is 7. The van der Waals surface area contributed by atoms with Gasteiger partial charge in [-0.3, -0.25) is 0 Å². The van der Waals surface area contributed by atoms with E-state index in [-0.39, 0.29) is 6.61 Å². The zero-order valence-electron chi connectivity index (χ0n) is 15.1. The number of methoxy groups -OCH3 is 2. The normalized spacial score (nSPS) is 28.1. The summed E-state index contributed by atoms with van der Waals surface area (Å²) in [4.78, 5) is 0.958. The Morgan fingerprint density at radius 1 is 1.07 bits per heavy atom. The Hall–Kier alpha value is -1.68. The molecule has 27 heavy (non-hydrogen) atoms. The van der Waals surface area contributed by atoms with Gasteiger partial charge < -0.3 is 34.3 Å². The Morgan fingerprint density at radius 2 is 1.81 bits per heavy atom. The van der Waals surface area contributed by atoms with Gasteiger partial charge in [-0.1, -0.05) is 12.1 Å². The summed E-state index contributed by atoms with van der Waals surface area (Å²) >= 11 is 1.53. The Kier molecular flexibility index (Phi) is 6.69. The van der Waals surface area contributed by atoms with E-state index in [9.17, 15) is 15.3 Å². The van der Waals surface area contributed by atoms with Crippen LogP contribution in [0.4, 0.5) is 0 Å². The summed E-state index contributed by atoms with van der Waals surface area (Å²) < 4.78 is 21.7. The maximum Gasteiger partial charge on any atom is 0.229 e. The van der Waals surface area contributed by atoms with Crippen LogP contribution >= 0.6 is 11.3 Å². The van der Waals surface area contributed by atoms with E-state index < -0.39 is 30.7 Å². The molecule has 2 aromatic rings. The summed E-state index contributed by atoms with van der Waals surface area (Å²) in [5.41, 5.74) is 1.08. The Labute approximate surface area is 161 Å². The van der Waals surface area contributed by atoms with Crippen molar-refractivity contribution in [2.24, 2.45) is 0 Å². The fourth-order valence-electron chi connectivity index (χ4n) is 3.06. The van der Waals surface area contributed by atoms with Gasteiger partial charge >= 0.3 is 0 Å². The van der Waals surface area contributed by atoms with Gasteiger partial charge in [0.05, 0.1) is 18.6 Å². The molecule has 148 valence electrons. The van der Waals surface area contributed by atoms with Gasteiger partial charge in [0.15, 0.2) is 0 Å². The highest BCUT2D eigenvalue weighted by Crippen LogP contribution is 2.32. The fraction of sp³-hybridized carbons (Fsp3) is 0.474. The third kappa shape index (κ3) is 4.43. The zero-order valence-corrected chi connectivity index (χ0v) is 16.0. The molecule has 5 atom stereocenters. The second kappa shape index (κ2) is 9.01. The lowest BCUT2D eigenvalue weighted by molar-refractivity contribution is -0.281. The molecule has 5 unspecified atom stereocenters. The van der Waals surface area contributed by atoms with Gasteiger partial charge in [0.25, 0.3) is 0 Å². The van der Waals surface area contributed by atoms with Crippen molar-refractivity contribution in [1.82, 2.24) is 0 Å². The first kappa shape index (κ1) is 20.1. The van der Waals surface area contributed by atoms with Crippen LogP contribution in [0.5, 0.6) is 11.5 Å². The maximum atomic E-state index is 10.3. The van der Waals surface area contributed by atoms with E-state index in [2.05, 4.69) is 0 Å². The molecule has 8 heteroatoms. The van der Waals surface area contributed by atoms with Gasteiger partial charge in [-0.15, -0.1) is 11.3 Å². The highest BCUT2D eigenvalue weighted by molar-refractivity contribution is 7.10. The van der Waals surface area contributed by atoms with Crippen molar-refractivity contribution in [3.8, 4) is 11.5 Å². The van der Waals surface area contributed by atoms with Gasteiger partial charge in [-0.05, 0) is 29.1 Å². The molecule has 7 nitrogen and oxygen atoms in total. The molecule has 0 saturated carbocycles. The number of aliphatic hydroxyl groups is 3. The molecule has 0 amide bonds. The molecule has 0 aliphatic carbocycles. The minimum absolute atomic E-state index is 0.357. The highest BCUT2D eigenvalue weighted by atomic mass is 32.1. The summed E-state index contributed by atoms with van der Waals surface area (Å²) in [6.07, 6.45) is -4.60. The molecule has 3 N–H and O–H groups in total. The number of aliphatic hydroxyl groups excluding tert-OH is 3. The van der Waals surface area contributed by atoms with E-state index in [1.807, 2.05) is 29.6 Å². The van der Waals surface area contributed by atoms with Crippen LogP contribution in [0.3, 0.4) is 0 Å². The molecule has 1 aliphatic heterocycles. The third-order valence-electron chi connectivity index (χ3n) is 4.56. The molecule has 2 heterocycles. The molecular formula is C19H24O7S. The second-order valence-corrected chi connectivity index (χ2v) is 7.26. The van der Waals surface area contributed by atoms with E-state index in [1.165, 1.54) is 18.4 Å². The molecule has 1 aromatic heterocycles. The topological polar surface area (TPSA) is 97.6 Å². The van der Waals surface area contributed by atoms with Crippen molar-refractivity contribution >= 4 is 11.3 Å². The number of hydrogen-bond acceptors (Lipinski definition) is 8. The zero-order chi connectivity index (χ0) is 19.4. The molecular weight excluding hydrogens is 372 g/mol. The van der Waals surface area contributed by atoms with Gasteiger partial charge in [-0.2, -0.15) is 0 Å². The Morgan fingerprint density at radius 3 is 2.44 bits per heavy atom. The summed E-state index contributed by atoms with van der Waals surface area (Å²) in [5, 5.41) is 31.9. The van der Waals surface area contributed by atoms with Crippen LogP contribution in [0, 0.1) is 0 Å². The van der Waals surface area contributed by atoms with E-state index in [1.54, 1.807) is 13.2 Å². The second-order valence-electron chi connectivity index (χ2n) is 6.26. The molecule has 3 rings (SSSR count). The van der Waals surface area contributed by atoms with Gasteiger partial charge in [0.2, 0.25) is 6.29 Å². The summed E-state index contributed by atoms with van der Waals surface area (Å²) in [6, 6.07) is 9.53. The lowest BCUT2D eigenvalue weighted by atomic mass is 9.99. The van der Waals surface area contributed by atoms with Crippen molar-refractivity contribution in [3.63, 3.8) is 0 Å². The standard InChI is InChI=1S/C19H24O7S/c1-23-12-5-3-11(4-6-12)9-15-13(7-8-27-15)25-19-17(22)16(21)18(24-2)14(10-20)26-19/h3-8,14,16-22H,9-10H2,1-2H3. The number of hydrogen-bond donors (Lipinski definition) is 3. The molecule has 1 aliphatic rings. The minimum atomic E-state index is -1.30. The van der Waals surface area contributed by atoms with E-state index in [0.717, 1.165) is 16.2 Å². The maximum absolute atomic E-state index is 10.3. The van der Waals surface area contributed by atoms with Crippen molar-refractivity contribution in [2.45, 2.75) is 37.1 Å². The molecule has 0 spiro atoms. The minimum Gasteiger partial charge on any atom is -0.497 e. The van der Waals surface area contributed by atoms with Crippen LogP contribution in [0.15, 0.2) is 35.7 Å². The lowest BCUT2D eigenvalue weighted by Crippen LogP contribution is -2.60. The van der Waals surface area contributed by atoms with Gasteiger partial charge in [0.1, 0.15) is 35.9 Å². The number of ether oxygens (including phenoxy) is 4. The SMILES string of the molecule is COc1ccc(Cc2sccc2OC2OC(CO)C(OC)C(O)C2O)cc1. The van der Waals surface area contributed by atoms with Crippen molar-refractivity contribution in [2.75, 3.05) is 20.8 Å². The number of benzene rings is 1. The average molecular weight is 396 g/mol. The first-order chi connectivity index (χ1) is 13.1. The molecule has 1 fully saturated rings. The smallest absolute Gasteiger partial charge is 0.229 e. The van der Waals surface area contributed by atoms with E-state index >= 15 is 0 Å². The predicted molar refractivity (Wildman–Crippen MR) is 99.3 cm³/mol. The molecule has 1 aromatic carbocycles. The Balaban J connectivity index is 1.71. The van der Waals surface area contributed by atoms with E-state index in [4.69, 9.17) is 18.9 Å². The van der Waals surface area contributed by atoms with Crippen LogP contribution < -0.4 is 9.47 Å². The quantitative estimate of drug-likeness (QED) is 0.647. The Bertz CT molecular complexity index is 715. The van der Waals surface area contributed by atoms with Gasteiger partial charge in [0, 0.05) is 13.5 Å². The lowest BCUT2D eigenvalue weighted by Gasteiger charge is -2.41. The van der Waals surface area contributed by atoms with Crippen molar-refractivity contribution < 1.29 is 34.3 Å². The molecule has 0 bridgehead atoms. The first-order valence-corrected chi connectivity index (χ1v) is 9.46. The first-order valence-electron chi connectivity index (χ1n) is 8.58. The summed E-state index contributed by atoms with van der Waals surface area (Å²) in [5.74, 6) is 1.36. The highest BCUT2D eigenvalue weighted by Gasteiger charge is 2.46. The monoisotopic (exact) mass is 396 g/mol. The van der Waals surface area contributed by atoms with Crippen LogP contribution in [0.2, 0.25) is 0 Å². The van der Waals surface area contributed by atoms with Crippen molar-refractivity contribution in [1.29, 1.82) is 0 Å². The molecule has 1 saturated heterocycles. The van der Waals surface area contributed by atoms with E-state index in [0.29, 0.717) is 12.2 Å². The summed E-state index contributed by atoms with van der Waals surface area (Å²) in [7, 11) is 3.01. The average Bonchev–Trinajstić information content (AvgIpc) is 3.12. The molecule has 0 radical (unpaired) electrons. The third-order valence-corrected chi connectivity index (χ3v) is 5.47. The van der Waals surface area contributed by atoms with Crippen LogP contribution in [-0.4, -0.2) is 66.9 Å². The van der Waals surface area contributed by atoms with Crippen LogP contribution in [0.25, 0.3) is 0 Å². The number of thiophene rings is 1. The largest absolute Gasteiger partial charge is 0.497 e. The van der Waals surface area contributed by atoms with Crippen LogP contribution in [-0.2, 0) is 15.9 Å².